The third-order valence-corrected chi connectivity index (χ3v) is 4.74. The maximum Gasteiger partial charge on any atom is 0.241 e. The first-order chi connectivity index (χ1) is 10.1. The molecule has 1 rings (SSSR count). The Bertz CT molecular complexity index is 418. The normalized spacial score (nSPS) is 12.4. The van der Waals surface area contributed by atoms with Crippen molar-refractivity contribution in [1.82, 2.24) is 10.3 Å². The second-order valence-electron chi connectivity index (χ2n) is 5.05. The van der Waals surface area contributed by atoms with Crippen LogP contribution in [0.1, 0.15) is 37.8 Å². The number of nitrogens with two attached hydrogens (primary N) is 1. The molecule has 3 N–H and O–H groups in total. The lowest BCUT2D eigenvalue weighted by molar-refractivity contribution is -0.122. The molecule has 1 unspecified atom stereocenters. The molecule has 1 aromatic rings. The van der Waals surface area contributed by atoms with Crippen LogP contribution in [-0.4, -0.2) is 36.2 Å². The van der Waals surface area contributed by atoms with Crippen molar-refractivity contribution in [2.75, 3.05) is 25.4 Å². The summed E-state index contributed by atoms with van der Waals surface area (Å²) in [5.74, 6) is 6.96. The first-order valence-corrected chi connectivity index (χ1v) is 8.67. The minimum absolute atomic E-state index is 0.156. The number of nitrogens with zero attached hydrogens (tertiary/aromatic N) is 1. The predicted octanol–water partition coefficient (Wildman–Crippen LogP) is 2.35. The number of hydrogen-bond acceptors (Lipinski definition) is 4. The van der Waals surface area contributed by atoms with Crippen LogP contribution in [0, 0.1) is 0 Å². The molecule has 0 aliphatic carbocycles. The smallest absolute Gasteiger partial charge is 0.241 e. The van der Waals surface area contributed by atoms with Crippen molar-refractivity contribution < 1.29 is 4.79 Å². The van der Waals surface area contributed by atoms with Gasteiger partial charge < -0.3 is 4.90 Å². The van der Waals surface area contributed by atoms with Gasteiger partial charge in [0.15, 0.2) is 0 Å². The van der Waals surface area contributed by atoms with Gasteiger partial charge in [0.2, 0.25) is 5.91 Å². The zero-order chi connectivity index (χ0) is 15.7. The third-order valence-electron chi connectivity index (χ3n) is 3.73. The molecule has 0 heterocycles. The predicted molar refractivity (Wildman–Crippen MR) is 91.1 cm³/mol. The lowest BCUT2D eigenvalue weighted by Gasteiger charge is -2.17. The molecule has 4 nitrogen and oxygen atoms in total. The quantitative estimate of drug-likeness (QED) is 0.318. The van der Waals surface area contributed by atoms with Gasteiger partial charge in [-0.1, -0.05) is 38.1 Å². The molecule has 0 aliphatic rings. The molecule has 118 valence electrons. The Hall–Kier alpha value is -1.04. The minimum atomic E-state index is -0.209. The first kappa shape index (κ1) is 18.0. The average Bonchev–Trinajstić information content (AvgIpc) is 2.54. The van der Waals surface area contributed by atoms with Crippen LogP contribution in [0.15, 0.2) is 24.3 Å². The van der Waals surface area contributed by atoms with Gasteiger partial charge in [-0.25, -0.2) is 5.84 Å². The van der Waals surface area contributed by atoms with E-state index in [-0.39, 0.29) is 11.8 Å². The Morgan fingerprint density at radius 2 is 1.90 bits per heavy atom. The highest BCUT2D eigenvalue weighted by atomic mass is 32.2. The van der Waals surface area contributed by atoms with Crippen molar-refractivity contribution in [3.63, 3.8) is 0 Å². The van der Waals surface area contributed by atoms with Crippen LogP contribution in [-0.2, 0) is 10.5 Å². The molecule has 0 saturated heterocycles. The van der Waals surface area contributed by atoms with Crippen molar-refractivity contribution in [2.24, 2.45) is 5.84 Å². The number of amides is 1. The molecule has 0 bridgehead atoms. The summed E-state index contributed by atoms with van der Waals surface area (Å²) in [6, 6.07) is 8.22. The molecule has 5 heteroatoms. The van der Waals surface area contributed by atoms with E-state index in [9.17, 15) is 4.79 Å². The number of benzene rings is 1. The van der Waals surface area contributed by atoms with Gasteiger partial charge in [-0.3, -0.25) is 10.2 Å². The van der Waals surface area contributed by atoms with Crippen LogP contribution in [0.3, 0.4) is 0 Å². The van der Waals surface area contributed by atoms with E-state index in [0.29, 0.717) is 0 Å². The number of carbonyl (C=O) groups is 1. The second-order valence-corrected chi connectivity index (χ2v) is 6.16. The summed E-state index contributed by atoms with van der Waals surface area (Å²) in [6.45, 7) is 9.64. The fraction of sp³-hybridized carbons (Fsp3) is 0.562. The number of carbonyl (C=O) groups excluding carboxylic acids is 1. The van der Waals surface area contributed by atoms with E-state index in [2.05, 4.69) is 36.3 Å². The zero-order valence-electron chi connectivity index (χ0n) is 13.3. The van der Waals surface area contributed by atoms with E-state index in [1.165, 1.54) is 5.56 Å². The largest absolute Gasteiger partial charge is 0.303 e. The molecule has 0 spiro atoms. The number of nitrogens with one attached hydrogen (secondary N) is 1. The van der Waals surface area contributed by atoms with Gasteiger partial charge in [-0.15, -0.1) is 0 Å². The highest BCUT2D eigenvalue weighted by molar-refractivity contribution is 7.98. The lowest BCUT2D eigenvalue weighted by atomic mass is 10.00. The van der Waals surface area contributed by atoms with Crippen LogP contribution < -0.4 is 11.3 Å². The van der Waals surface area contributed by atoms with Crippen LogP contribution >= 0.6 is 11.8 Å². The van der Waals surface area contributed by atoms with Gasteiger partial charge in [0.1, 0.15) is 0 Å². The molecule has 0 aromatic heterocycles. The van der Waals surface area contributed by atoms with Crippen molar-refractivity contribution in [1.29, 1.82) is 0 Å². The summed E-state index contributed by atoms with van der Waals surface area (Å²) in [5.41, 5.74) is 4.48. The maximum atomic E-state index is 11.5. The Kier molecular flexibility index (Phi) is 8.42. The van der Waals surface area contributed by atoms with Crippen molar-refractivity contribution in [2.45, 2.75) is 32.4 Å². The van der Waals surface area contributed by atoms with E-state index < -0.39 is 0 Å². The Morgan fingerprint density at radius 1 is 1.29 bits per heavy atom. The standard InChI is InChI=1S/C16H27N3OS/c1-4-19(5-2)10-11-21-12-14-6-8-15(9-7-14)13(3)16(20)18-17/h6-9,13H,4-5,10-12,17H2,1-3H3,(H,18,20). The molecular formula is C16H27N3OS. The molecule has 0 aliphatic heterocycles. The van der Waals surface area contributed by atoms with E-state index in [1.807, 2.05) is 30.8 Å². The molecule has 21 heavy (non-hydrogen) atoms. The van der Waals surface area contributed by atoms with Crippen molar-refractivity contribution in [3.05, 3.63) is 35.4 Å². The maximum absolute atomic E-state index is 11.5. The number of thioether (sulfide) groups is 1. The van der Waals surface area contributed by atoms with Gasteiger partial charge in [-0.2, -0.15) is 11.8 Å². The van der Waals surface area contributed by atoms with Gasteiger partial charge in [0, 0.05) is 18.1 Å². The minimum Gasteiger partial charge on any atom is -0.303 e. The Labute approximate surface area is 132 Å². The Balaban J connectivity index is 2.39. The van der Waals surface area contributed by atoms with Gasteiger partial charge in [-0.05, 0) is 31.1 Å². The van der Waals surface area contributed by atoms with Crippen LogP contribution in [0.4, 0.5) is 0 Å². The molecule has 0 radical (unpaired) electrons. The fourth-order valence-corrected chi connectivity index (χ4v) is 3.06. The van der Waals surface area contributed by atoms with E-state index in [4.69, 9.17) is 5.84 Å². The lowest BCUT2D eigenvalue weighted by Crippen LogP contribution is -2.33. The Morgan fingerprint density at radius 3 is 2.43 bits per heavy atom. The SMILES string of the molecule is CCN(CC)CCSCc1ccc(C(C)C(=O)NN)cc1. The number of rotatable bonds is 9. The topological polar surface area (TPSA) is 58.4 Å². The fourth-order valence-electron chi connectivity index (χ4n) is 2.10. The van der Waals surface area contributed by atoms with E-state index in [0.717, 1.165) is 36.7 Å². The van der Waals surface area contributed by atoms with Crippen LogP contribution in [0.5, 0.6) is 0 Å². The summed E-state index contributed by atoms with van der Waals surface area (Å²) in [5, 5.41) is 0. The summed E-state index contributed by atoms with van der Waals surface area (Å²) < 4.78 is 0. The van der Waals surface area contributed by atoms with Gasteiger partial charge in [0.05, 0.1) is 5.92 Å². The molecule has 0 fully saturated rings. The summed E-state index contributed by atoms with van der Waals surface area (Å²) >= 11 is 1.95. The van der Waals surface area contributed by atoms with Crippen LogP contribution in [0.2, 0.25) is 0 Å². The van der Waals surface area contributed by atoms with Crippen molar-refractivity contribution >= 4 is 17.7 Å². The average molecular weight is 309 g/mol. The molecule has 1 amide bonds. The molecule has 1 aromatic carbocycles. The van der Waals surface area contributed by atoms with E-state index >= 15 is 0 Å². The molecule has 1 atom stereocenters. The van der Waals surface area contributed by atoms with Gasteiger partial charge >= 0.3 is 0 Å². The van der Waals surface area contributed by atoms with Gasteiger partial charge in [0.25, 0.3) is 0 Å². The number of hydrazine groups is 1. The zero-order valence-corrected chi connectivity index (χ0v) is 14.1. The van der Waals surface area contributed by atoms with Crippen LogP contribution in [0.25, 0.3) is 0 Å². The first-order valence-electron chi connectivity index (χ1n) is 7.51. The highest BCUT2D eigenvalue weighted by Crippen LogP contribution is 2.18. The second kappa shape index (κ2) is 9.82. The van der Waals surface area contributed by atoms with Crippen molar-refractivity contribution in [3.8, 4) is 0 Å². The highest BCUT2D eigenvalue weighted by Gasteiger charge is 2.13. The monoisotopic (exact) mass is 309 g/mol. The van der Waals surface area contributed by atoms with E-state index in [1.54, 1.807) is 0 Å². The third kappa shape index (κ3) is 6.08. The number of hydrogen-bond donors (Lipinski definition) is 2. The molecular weight excluding hydrogens is 282 g/mol. The molecule has 0 saturated carbocycles. The summed E-state index contributed by atoms with van der Waals surface area (Å²) in [7, 11) is 0. The summed E-state index contributed by atoms with van der Waals surface area (Å²) in [4.78, 5) is 13.9. The summed E-state index contributed by atoms with van der Waals surface area (Å²) in [6.07, 6.45) is 0.